The van der Waals surface area contributed by atoms with Crippen molar-refractivity contribution in [2.24, 2.45) is 5.84 Å². The monoisotopic (exact) mass is 366 g/mol. The van der Waals surface area contributed by atoms with E-state index in [1.807, 2.05) is 11.4 Å². The Bertz CT molecular complexity index is 510. The van der Waals surface area contributed by atoms with Crippen molar-refractivity contribution in [1.82, 2.24) is 5.43 Å². The number of rotatable bonds is 3. The molecule has 0 bridgehead atoms. The second kappa shape index (κ2) is 5.38. The number of hydrogen-bond donors (Lipinski definition) is 2. The molecule has 0 aliphatic rings. The third-order valence-electron chi connectivity index (χ3n) is 2.31. The molecule has 0 aliphatic carbocycles. The van der Waals surface area contributed by atoms with Crippen molar-refractivity contribution < 1.29 is 8.78 Å². The van der Waals surface area contributed by atoms with Crippen LogP contribution in [0.3, 0.4) is 0 Å². The normalized spacial score (nSPS) is 12.7. The highest BCUT2D eigenvalue weighted by Gasteiger charge is 2.15. The molecule has 90 valence electrons. The van der Waals surface area contributed by atoms with E-state index < -0.39 is 17.7 Å². The lowest BCUT2D eigenvalue weighted by atomic mass is 10.0. The van der Waals surface area contributed by atoms with Gasteiger partial charge in [0.15, 0.2) is 0 Å². The molecule has 3 N–H and O–H groups in total. The van der Waals surface area contributed by atoms with E-state index in [2.05, 4.69) is 28.0 Å². The van der Waals surface area contributed by atoms with Gasteiger partial charge in [-0.25, -0.2) is 14.2 Å². The average molecular weight is 366 g/mol. The smallest absolute Gasteiger partial charge is 0.126 e. The second-order valence-electron chi connectivity index (χ2n) is 3.49. The first-order valence-electron chi connectivity index (χ1n) is 4.76. The first-order chi connectivity index (χ1) is 8.10. The van der Waals surface area contributed by atoms with Crippen molar-refractivity contribution in [3.8, 4) is 0 Å². The largest absolute Gasteiger partial charge is 0.271 e. The van der Waals surface area contributed by atoms with Crippen LogP contribution in [0.15, 0.2) is 29.6 Å². The summed E-state index contributed by atoms with van der Waals surface area (Å²) in [6, 6.07) is 4.92. The fourth-order valence-corrected chi connectivity index (χ4v) is 3.00. The number of thiophene rings is 1. The second-order valence-corrected chi connectivity index (χ2v) is 6.29. The van der Waals surface area contributed by atoms with E-state index in [1.165, 1.54) is 12.1 Å². The van der Waals surface area contributed by atoms with Gasteiger partial charge in [-0.15, -0.1) is 11.3 Å². The highest BCUT2D eigenvalue weighted by atomic mass is 127. The highest BCUT2D eigenvalue weighted by molar-refractivity contribution is 14.1. The maximum atomic E-state index is 13.1. The van der Waals surface area contributed by atoms with E-state index in [4.69, 9.17) is 5.84 Å². The number of hydrazine groups is 1. The van der Waals surface area contributed by atoms with Crippen LogP contribution in [0, 0.1) is 14.5 Å². The molecule has 0 amide bonds. The molecular weight excluding hydrogens is 357 g/mol. The zero-order valence-electron chi connectivity index (χ0n) is 8.58. The summed E-state index contributed by atoms with van der Waals surface area (Å²) in [6.45, 7) is 0. The van der Waals surface area contributed by atoms with Crippen LogP contribution < -0.4 is 11.3 Å². The number of nitrogens with two attached hydrogens (primary N) is 1. The zero-order chi connectivity index (χ0) is 12.4. The molecule has 0 aliphatic heterocycles. The fraction of sp³-hybridized carbons (Fsp3) is 0.0909. The van der Waals surface area contributed by atoms with E-state index in [9.17, 15) is 8.78 Å². The fourth-order valence-electron chi connectivity index (χ4n) is 1.60. The molecule has 1 aromatic heterocycles. The minimum absolute atomic E-state index is 0.403. The number of hydrogen-bond acceptors (Lipinski definition) is 3. The van der Waals surface area contributed by atoms with Crippen LogP contribution in [0.1, 0.15) is 17.2 Å². The molecule has 0 saturated carbocycles. The molecule has 0 radical (unpaired) electrons. The maximum absolute atomic E-state index is 13.1. The van der Waals surface area contributed by atoms with Crippen molar-refractivity contribution >= 4 is 33.9 Å². The lowest BCUT2D eigenvalue weighted by molar-refractivity contribution is 0.566. The van der Waals surface area contributed by atoms with E-state index in [0.717, 1.165) is 14.5 Å². The van der Waals surface area contributed by atoms with Gasteiger partial charge in [0.25, 0.3) is 0 Å². The minimum Gasteiger partial charge on any atom is -0.271 e. The molecule has 6 heteroatoms. The Morgan fingerprint density at radius 1 is 1.12 bits per heavy atom. The summed E-state index contributed by atoms with van der Waals surface area (Å²) in [6.07, 6.45) is 0. The molecule has 17 heavy (non-hydrogen) atoms. The van der Waals surface area contributed by atoms with Gasteiger partial charge in [0.05, 0.1) is 8.93 Å². The quantitative estimate of drug-likeness (QED) is 0.498. The molecule has 1 aromatic carbocycles. The van der Waals surface area contributed by atoms with Gasteiger partial charge in [-0.05, 0) is 57.3 Å². The molecule has 0 spiro atoms. The van der Waals surface area contributed by atoms with Crippen LogP contribution in [-0.2, 0) is 0 Å². The summed E-state index contributed by atoms with van der Waals surface area (Å²) in [5.41, 5.74) is 3.94. The third-order valence-corrected chi connectivity index (χ3v) is 4.11. The van der Waals surface area contributed by atoms with Gasteiger partial charge in [-0.3, -0.25) is 5.84 Å². The van der Waals surface area contributed by atoms with Gasteiger partial charge < -0.3 is 0 Å². The van der Waals surface area contributed by atoms with E-state index in [-0.39, 0.29) is 0 Å². The van der Waals surface area contributed by atoms with Crippen LogP contribution in [0.25, 0.3) is 0 Å². The number of benzene rings is 1. The SMILES string of the molecule is NNC(c1cc(F)cc(F)c1)c1csc(I)c1. The zero-order valence-corrected chi connectivity index (χ0v) is 11.6. The van der Waals surface area contributed by atoms with Crippen LogP contribution in [0.4, 0.5) is 8.78 Å². The molecular formula is C11H9F2IN2S. The predicted molar refractivity (Wildman–Crippen MR) is 72.6 cm³/mol. The van der Waals surface area contributed by atoms with Gasteiger partial charge in [-0.2, -0.15) is 0 Å². The van der Waals surface area contributed by atoms with Crippen molar-refractivity contribution in [3.05, 3.63) is 55.3 Å². The first kappa shape index (κ1) is 12.9. The Hall–Kier alpha value is -0.570. The van der Waals surface area contributed by atoms with Crippen LogP contribution in [0.5, 0.6) is 0 Å². The Kier molecular flexibility index (Phi) is 4.08. The van der Waals surface area contributed by atoms with Gasteiger partial charge in [0.2, 0.25) is 0 Å². The predicted octanol–water partition coefficient (Wildman–Crippen LogP) is 3.18. The average Bonchev–Trinajstić information content (AvgIpc) is 2.64. The van der Waals surface area contributed by atoms with Gasteiger partial charge in [0, 0.05) is 6.07 Å². The summed E-state index contributed by atoms with van der Waals surface area (Å²) in [5.74, 6) is 4.24. The lowest BCUT2D eigenvalue weighted by Crippen LogP contribution is -2.28. The van der Waals surface area contributed by atoms with Gasteiger partial charge in [0.1, 0.15) is 11.6 Å². The summed E-state index contributed by atoms with van der Waals surface area (Å²) in [5, 5.41) is 1.91. The molecule has 1 atom stereocenters. The molecule has 0 fully saturated rings. The van der Waals surface area contributed by atoms with E-state index >= 15 is 0 Å². The standard InChI is InChI=1S/C11H9F2IN2S/c12-8-1-6(2-9(13)4-8)11(16-15)7-3-10(14)17-5-7/h1-5,11,16H,15H2. The Labute approximate surface area is 115 Å². The van der Waals surface area contributed by atoms with Crippen LogP contribution >= 0.6 is 33.9 Å². The van der Waals surface area contributed by atoms with Crippen LogP contribution in [-0.4, -0.2) is 0 Å². The molecule has 2 nitrogen and oxygen atoms in total. The Balaban J connectivity index is 2.41. The molecule has 1 unspecified atom stereocenters. The summed E-state index contributed by atoms with van der Waals surface area (Å²) in [7, 11) is 0. The Morgan fingerprint density at radius 3 is 2.24 bits per heavy atom. The third kappa shape index (κ3) is 3.01. The van der Waals surface area contributed by atoms with Gasteiger partial charge in [-0.1, -0.05) is 0 Å². The summed E-state index contributed by atoms with van der Waals surface area (Å²) >= 11 is 3.74. The number of halogens is 3. The van der Waals surface area contributed by atoms with Crippen molar-refractivity contribution in [2.45, 2.75) is 6.04 Å². The molecule has 2 aromatic rings. The minimum atomic E-state index is -0.606. The molecule has 1 heterocycles. The molecule has 2 rings (SSSR count). The maximum Gasteiger partial charge on any atom is 0.126 e. The first-order valence-corrected chi connectivity index (χ1v) is 6.72. The van der Waals surface area contributed by atoms with Crippen LogP contribution in [0.2, 0.25) is 0 Å². The van der Waals surface area contributed by atoms with E-state index in [0.29, 0.717) is 5.56 Å². The van der Waals surface area contributed by atoms with Gasteiger partial charge >= 0.3 is 0 Å². The highest BCUT2D eigenvalue weighted by Crippen LogP contribution is 2.27. The Morgan fingerprint density at radius 2 is 1.76 bits per heavy atom. The lowest BCUT2D eigenvalue weighted by Gasteiger charge is -2.15. The summed E-state index contributed by atoms with van der Waals surface area (Å²) < 4.78 is 27.4. The van der Waals surface area contributed by atoms with Crippen molar-refractivity contribution in [3.63, 3.8) is 0 Å². The topological polar surface area (TPSA) is 38.0 Å². The van der Waals surface area contributed by atoms with Crippen molar-refractivity contribution in [1.29, 1.82) is 0 Å². The molecule has 0 saturated heterocycles. The summed E-state index contributed by atoms with van der Waals surface area (Å²) in [4.78, 5) is 0. The number of nitrogens with one attached hydrogen (secondary N) is 1. The van der Waals surface area contributed by atoms with Crippen molar-refractivity contribution in [2.75, 3.05) is 0 Å². The van der Waals surface area contributed by atoms with E-state index in [1.54, 1.807) is 11.3 Å².